The molecule has 0 unspecified atom stereocenters. The van der Waals surface area contributed by atoms with Gasteiger partial charge in [0.1, 0.15) is 23.6 Å². The van der Waals surface area contributed by atoms with E-state index in [2.05, 4.69) is 5.32 Å². The van der Waals surface area contributed by atoms with Crippen LogP contribution in [-0.2, 0) is 16.1 Å². The van der Waals surface area contributed by atoms with Gasteiger partial charge >= 0.3 is 0 Å². The zero-order valence-electron chi connectivity index (χ0n) is 13.2. The van der Waals surface area contributed by atoms with Crippen molar-refractivity contribution in [3.05, 3.63) is 71.3 Å². The molecule has 2 amide bonds. The third-order valence-corrected chi connectivity index (χ3v) is 5.10. The van der Waals surface area contributed by atoms with Gasteiger partial charge in [-0.2, -0.15) is 0 Å². The van der Waals surface area contributed by atoms with Gasteiger partial charge in [-0.25, -0.2) is 8.78 Å². The first-order valence-electron chi connectivity index (χ1n) is 7.70. The van der Waals surface area contributed by atoms with Crippen LogP contribution in [-0.4, -0.2) is 29.0 Å². The lowest BCUT2D eigenvalue weighted by atomic mass is 10.2. The first-order chi connectivity index (χ1) is 12.0. The number of thioether (sulfide) groups is 1. The monoisotopic (exact) mass is 362 g/mol. The van der Waals surface area contributed by atoms with Gasteiger partial charge < -0.3 is 10.2 Å². The largest absolute Gasteiger partial charge is 0.350 e. The molecule has 0 radical (unpaired) electrons. The third-order valence-electron chi connectivity index (χ3n) is 3.84. The van der Waals surface area contributed by atoms with E-state index in [1.165, 1.54) is 40.9 Å². The molecule has 7 heteroatoms. The van der Waals surface area contributed by atoms with Gasteiger partial charge in [0, 0.05) is 6.54 Å². The van der Waals surface area contributed by atoms with Crippen LogP contribution in [0.2, 0.25) is 0 Å². The van der Waals surface area contributed by atoms with Crippen molar-refractivity contribution in [1.29, 1.82) is 0 Å². The number of halogens is 2. The van der Waals surface area contributed by atoms with Gasteiger partial charge in [0.15, 0.2) is 0 Å². The van der Waals surface area contributed by atoms with Crippen LogP contribution < -0.4 is 5.32 Å². The summed E-state index contributed by atoms with van der Waals surface area (Å²) in [6, 6.07) is 11.8. The smallest absolute Gasteiger partial charge is 0.239 e. The van der Waals surface area contributed by atoms with Crippen LogP contribution in [0.15, 0.2) is 48.5 Å². The molecule has 1 aliphatic rings. The van der Waals surface area contributed by atoms with E-state index in [4.69, 9.17) is 0 Å². The lowest BCUT2D eigenvalue weighted by molar-refractivity contribution is -0.133. The van der Waals surface area contributed by atoms with Gasteiger partial charge in [-0.05, 0) is 35.4 Å². The van der Waals surface area contributed by atoms with Crippen LogP contribution in [0.25, 0.3) is 0 Å². The van der Waals surface area contributed by atoms with Crippen LogP contribution in [0.3, 0.4) is 0 Å². The molecule has 2 aromatic carbocycles. The van der Waals surface area contributed by atoms with Crippen LogP contribution in [0.1, 0.15) is 16.5 Å². The number of nitrogens with one attached hydrogen (secondary N) is 1. The van der Waals surface area contributed by atoms with E-state index in [9.17, 15) is 18.4 Å². The van der Waals surface area contributed by atoms with Gasteiger partial charge in [-0.15, -0.1) is 11.8 Å². The highest BCUT2D eigenvalue weighted by atomic mass is 32.2. The summed E-state index contributed by atoms with van der Waals surface area (Å²) in [5, 5.41) is 2.42. The molecule has 3 rings (SSSR count). The molecule has 4 nitrogen and oxygen atoms in total. The summed E-state index contributed by atoms with van der Waals surface area (Å²) >= 11 is 1.41. The average molecular weight is 362 g/mol. The zero-order valence-corrected chi connectivity index (χ0v) is 14.1. The van der Waals surface area contributed by atoms with Crippen molar-refractivity contribution in [3.8, 4) is 0 Å². The summed E-state index contributed by atoms with van der Waals surface area (Å²) in [7, 11) is 0. The molecule has 25 heavy (non-hydrogen) atoms. The van der Waals surface area contributed by atoms with Gasteiger partial charge in [0.25, 0.3) is 0 Å². The summed E-state index contributed by atoms with van der Waals surface area (Å²) in [4.78, 5) is 25.7. The minimum Gasteiger partial charge on any atom is -0.350 e. The Bertz CT molecular complexity index is 766. The molecule has 1 heterocycles. The second kappa shape index (κ2) is 7.65. The van der Waals surface area contributed by atoms with Crippen molar-refractivity contribution < 1.29 is 18.4 Å². The molecule has 1 aliphatic heterocycles. The highest BCUT2D eigenvalue weighted by Gasteiger charge is 2.34. The summed E-state index contributed by atoms with van der Waals surface area (Å²) in [6.07, 6.45) is 0. The Labute approximate surface area is 148 Å². The highest BCUT2D eigenvalue weighted by molar-refractivity contribution is 8.00. The number of hydrogen-bond donors (Lipinski definition) is 1. The van der Waals surface area contributed by atoms with Crippen LogP contribution >= 0.6 is 11.8 Å². The van der Waals surface area contributed by atoms with Crippen molar-refractivity contribution >= 4 is 23.6 Å². The molecule has 1 fully saturated rings. The lowest BCUT2D eigenvalue weighted by Crippen LogP contribution is -2.39. The Hall–Kier alpha value is -2.41. The molecule has 130 valence electrons. The van der Waals surface area contributed by atoms with Crippen molar-refractivity contribution in [3.63, 3.8) is 0 Å². The molecule has 0 aromatic heterocycles. The predicted molar refractivity (Wildman–Crippen MR) is 91.6 cm³/mol. The Balaban J connectivity index is 1.61. The molecular weight excluding hydrogens is 346 g/mol. The highest BCUT2D eigenvalue weighted by Crippen LogP contribution is 2.38. The molecule has 0 bridgehead atoms. The maximum absolute atomic E-state index is 13.1. The fraction of sp³-hybridized carbons (Fsp3) is 0.222. The van der Waals surface area contributed by atoms with Crippen molar-refractivity contribution in [2.24, 2.45) is 0 Å². The maximum Gasteiger partial charge on any atom is 0.239 e. The second-order valence-corrected chi connectivity index (χ2v) is 6.71. The minimum atomic E-state index is -0.346. The standard InChI is InChI=1S/C18H16F2N2O2S/c19-14-5-1-12(2-6-14)9-21-16(23)10-22-17(24)11-25-18(22)13-3-7-15(20)8-4-13/h1-8,18H,9-11H2,(H,21,23)/t18-/m1/s1. The van der Waals surface area contributed by atoms with Crippen LogP contribution in [0.5, 0.6) is 0 Å². The number of carbonyl (C=O) groups is 2. The van der Waals surface area contributed by atoms with Gasteiger partial charge in [-0.1, -0.05) is 24.3 Å². The van der Waals surface area contributed by atoms with Gasteiger partial charge in [0.2, 0.25) is 11.8 Å². The van der Waals surface area contributed by atoms with E-state index in [0.29, 0.717) is 0 Å². The zero-order chi connectivity index (χ0) is 17.8. The van der Waals surface area contributed by atoms with Gasteiger partial charge in [-0.3, -0.25) is 9.59 Å². The molecule has 1 N–H and O–H groups in total. The lowest BCUT2D eigenvalue weighted by Gasteiger charge is -2.23. The fourth-order valence-corrected chi connectivity index (χ4v) is 3.73. The van der Waals surface area contributed by atoms with E-state index in [-0.39, 0.29) is 47.7 Å². The Morgan fingerprint density at radius 1 is 1.08 bits per heavy atom. The van der Waals surface area contributed by atoms with E-state index in [1.807, 2.05) is 0 Å². The quantitative estimate of drug-likeness (QED) is 0.890. The maximum atomic E-state index is 13.1. The summed E-state index contributed by atoms with van der Waals surface area (Å²) < 4.78 is 25.9. The average Bonchev–Trinajstić information content (AvgIpc) is 2.96. The molecule has 0 aliphatic carbocycles. The third kappa shape index (κ3) is 4.36. The van der Waals surface area contributed by atoms with E-state index in [0.717, 1.165) is 11.1 Å². The molecular formula is C18H16F2N2O2S. The normalized spacial score (nSPS) is 17.0. The summed E-state index contributed by atoms with van der Waals surface area (Å²) in [5.74, 6) is -0.824. The van der Waals surface area contributed by atoms with Crippen LogP contribution in [0, 0.1) is 11.6 Å². The first-order valence-corrected chi connectivity index (χ1v) is 8.75. The summed E-state index contributed by atoms with van der Waals surface area (Å²) in [6.45, 7) is 0.185. The topological polar surface area (TPSA) is 49.4 Å². The molecule has 1 atom stereocenters. The van der Waals surface area contributed by atoms with E-state index >= 15 is 0 Å². The summed E-state index contributed by atoms with van der Waals surface area (Å²) in [5.41, 5.74) is 1.55. The molecule has 0 spiro atoms. The van der Waals surface area contributed by atoms with Crippen molar-refractivity contribution in [1.82, 2.24) is 10.2 Å². The van der Waals surface area contributed by atoms with Gasteiger partial charge in [0.05, 0.1) is 5.75 Å². The van der Waals surface area contributed by atoms with Crippen LogP contribution in [0.4, 0.5) is 8.78 Å². The minimum absolute atomic E-state index is 0.0743. The van der Waals surface area contributed by atoms with Crippen molar-refractivity contribution in [2.45, 2.75) is 11.9 Å². The van der Waals surface area contributed by atoms with E-state index < -0.39 is 0 Å². The fourth-order valence-electron chi connectivity index (χ4n) is 2.54. The Morgan fingerprint density at radius 2 is 1.68 bits per heavy atom. The predicted octanol–water partition coefficient (Wildman–Crippen LogP) is 2.86. The molecule has 2 aromatic rings. The number of benzene rings is 2. The number of carbonyl (C=O) groups excluding carboxylic acids is 2. The molecule has 1 saturated heterocycles. The molecule has 0 saturated carbocycles. The Morgan fingerprint density at radius 3 is 2.32 bits per heavy atom. The van der Waals surface area contributed by atoms with Crippen molar-refractivity contribution in [2.75, 3.05) is 12.3 Å². The van der Waals surface area contributed by atoms with E-state index in [1.54, 1.807) is 24.3 Å². The second-order valence-electron chi connectivity index (χ2n) is 5.64. The first kappa shape index (κ1) is 17.4. The number of nitrogens with zero attached hydrogens (tertiary/aromatic N) is 1. The number of hydrogen-bond acceptors (Lipinski definition) is 3. The SMILES string of the molecule is O=C(CN1C(=O)CS[C@@H]1c1ccc(F)cc1)NCc1ccc(F)cc1. The Kier molecular flexibility index (Phi) is 5.33. The number of rotatable bonds is 5. The number of amides is 2.